The van der Waals surface area contributed by atoms with Gasteiger partial charge >= 0.3 is 5.97 Å². The fourth-order valence-electron chi connectivity index (χ4n) is 2.04. The van der Waals surface area contributed by atoms with E-state index in [0.29, 0.717) is 44.4 Å². The molecule has 2 heterocycles. The Kier molecular flexibility index (Phi) is 7.13. The number of nitrogens with two attached hydrogens (primary N) is 1. The first-order valence-electron chi connectivity index (χ1n) is 7.87. The molecule has 0 bridgehead atoms. The maximum absolute atomic E-state index is 11.8. The van der Waals surface area contributed by atoms with E-state index < -0.39 is 5.97 Å². The number of carbonyl (C=O) groups excluding carboxylic acids is 1. The largest absolute Gasteiger partial charge is 0.461 e. The zero-order valence-corrected chi connectivity index (χ0v) is 13.7. The van der Waals surface area contributed by atoms with E-state index in [-0.39, 0.29) is 5.69 Å². The number of rotatable bonds is 9. The molecule has 0 spiro atoms. The Morgan fingerprint density at radius 2 is 2.17 bits per heavy atom. The van der Waals surface area contributed by atoms with Crippen molar-refractivity contribution in [2.75, 3.05) is 38.2 Å². The molecule has 7 nitrogen and oxygen atoms in total. The summed E-state index contributed by atoms with van der Waals surface area (Å²) >= 11 is 0. The SMILES string of the molecule is CCOC(=O)c1cccc(-c2ccnc(NCCOCCN)c2)n1. The summed E-state index contributed by atoms with van der Waals surface area (Å²) in [5.41, 5.74) is 7.20. The predicted molar refractivity (Wildman–Crippen MR) is 91.8 cm³/mol. The van der Waals surface area contributed by atoms with Crippen molar-refractivity contribution in [1.82, 2.24) is 9.97 Å². The van der Waals surface area contributed by atoms with Gasteiger partial charge in [0.2, 0.25) is 0 Å². The lowest BCUT2D eigenvalue weighted by Gasteiger charge is -2.08. The van der Waals surface area contributed by atoms with Crippen LogP contribution in [-0.2, 0) is 9.47 Å². The number of anilines is 1. The Balaban J connectivity index is 2.05. The first-order chi connectivity index (χ1) is 11.7. The van der Waals surface area contributed by atoms with Crippen LogP contribution in [0.15, 0.2) is 36.5 Å². The summed E-state index contributed by atoms with van der Waals surface area (Å²) in [5.74, 6) is 0.288. The van der Waals surface area contributed by atoms with Crippen LogP contribution in [0.25, 0.3) is 11.3 Å². The molecule has 2 rings (SSSR count). The van der Waals surface area contributed by atoms with Gasteiger partial charge in [-0.15, -0.1) is 0 Å². The van der Waals surface area contributed by atoms with Crippen LogP contribution < -0.4 is 11.1 Å². The molecule has 0 saturated heterocycles. The number of carbonyl (C=O) groups is 1. The molecule has 3 N–H and O–H groups in total. The Labute approximate surface area is 141 Å². The third kappa shape index (κ3) is 5.29. The number of nitrogens with one attached hydrogen (secondary N) is 1. The van der Waals surface area contributed by atoms with Crippen LogP contribution in [0, 0.1) is 0 Å². The molecule has 0 saturated carbocycles. The zero-order chi connectivity index (χ0) is 17.2. The van der Waals surface area contributed by atoms with Crippen molar-refractivity contribution < 1.29 is 14.3 Å². The lowest BCUT2D eigenvalue weighted by molar-refractivity contribution is 0.0519. The molecule has 0 amide bonds. The fourth-order valence-corrected chi connectivity index (χ4v) is 2.04. The van der Waals surface area contributed by atoms with Gasteiger partial charge in [-0.2, -0.15) is 0 Å². The average molecular weight is 330 g/mol. The van der Waals surface area contributed by atoms with Crippen molar-refractivity contribution in [1.29, 1.82) is 0 Å². The number of aromatic nitrogens is 2. The molecular weight excluding hydrogens is 308 g/mol. The summed E-state index contributed by atoms with van der Waals surface area (Å²) in [4.78, 5) is 20.4. The summed E-state index contributed by atoms with van der Waals surface area (Å²) in [6, 6.07) is 8.97. The van der Waals surface area contributed by atoms with Crippen molar-refractivity contribution in [3.63, 3.8) is 0 Å². The number of hydrogen-bond acceptors (Lipinski definition) is 7. The van der Waals surface area contributed by atoms with Crippen molar-refractivity contribution in [3.8, 4) is 11.3 Å². The van der Waals surface area contributed by atoms with Crippen molar-refractivity contribution in [2.24, 2.45) is 5.73 Å². The molecule has 2 aromatic rings. The molecule has 0 aliphatic carbocycles. The van der Waals surface area contributed by atoms with E-state index in [9.17, 15) is 4.79 Å². The van der Waals surface area contributed by atoms with Crippen LogP contribution in [0.2, 0.25) is 0 Å². The van der Waals surface area contributed by atoms with Gasteiger partial charge in [-0.1, -0.05) is 6.07 Å². The predicted octanol–water partition coefficient (Wildman–Crippen LogP) is 1.71. The number of pyridine rings is 2. The Morgan fingerprint density at radius 3 is 2.96 bits per heavy atom. The van der Waals surface area contributed by atoms with E-state index >= 15 is 0 Å². The van der Waals surface area contributed by atoms with Crippen LogP contribution in [0.5, 0.6) is 0 Å². The molecule has 0 unspecified atom stereocenters. The maximum Gasteiger partial charge on any atom is 0.356 e. The number of nitrogens with zero attached hydrogens (tertiary/aromatic N) is 2. The summed E-state index contributed by atoms with van der Waals surface area (Å²) < 4.78 is 10.3. The molecule has 0 aliphatic heterocycles. The van der Waals surface area contributed by atoms with Gasteiger partial charge in [-0.05, 0) is 31.2 Å². The molecule has 24 heavy (non-hydrogen) atoms. The zero-order valence-electron chi connectivity index (χ0n) is 13.7. The molecular formula is C17H22N4O3. The number of hydrogen-bond donors (Lipinski definition) is 2. The smallest absolute Gasteiger partial charge is 0.356 e. The standard InChI is InChI=1S/C17H22N4O3/c1-2-24-17(22)15-5-3-4-14(21-15)13-6-8-19-16(12-13)20-9-11-23-10-7-18/h3-6,8,12H,2,7,9-11,18H2,1H3,(H,19,20). The average Bonchev–Trinajstić information content (AvgIpc) is 2.62. The molecule has 7 heteroatoms. The van der Waals surface area contributed by atoms with E-state index in [0.717, 1.165) is 5.56 Å². The van der Waals surface area contributed by atoms with Crippen LogP contribution in [-0.4, -0.2) is 48.8 Å². The quantitative estimate of drug-likeness (QED) is 0.533. The van der Waals surface area contributed by atoms with Crippen LogP contribution >= 0.6 is 0 Å². The van der Waals surface area contributed by atoms with Gasteiger partial charge in [0.1, 0.15) is 11.5 Å². The van der Waals surface area contributed by atoms with Crippen LogP contribution in [0.1, 0.15) is 17.4 Å². The highest BCUT2D eigenvalue weighted by Gasteiger charge is 2.10. The van der Waals surface area contributed by atoms with Crippen molar-refractivity contribution >= 4 is 11.8 Å². The third-order valence-corrected chi connectivity index (χ3v) is 3.10. The maximum atomic E-state index is 11.8. The Hall–Kier alpha value is -2.51. The second-order valence-corrected chi connectivity index (χ2v) is 4.89. The normalized spacial score (nSPS) is 10.4. The summed E-state index contributed by atoms with van der Waals surface area (Å²) in [6.45, 7) is 4.32. The van der Waals surface area contributed by atoms with Gasteiger partial charge in [-0.3, -0.25) is 0 Å². The summed E-state index contributed by atoms with van der Waals surface area (Å²) in [7, 11) is 0. The van der Waals surface area contributed by atoms with Gasteiger partial charge in [0.25, 0.3) is 0 Å². The van der Waals surface area contributed by atoms with E-state index in [1.807, 2.05) is 18.2 Å². The van der Waals surface area contributed by atoms with E-state index in [2.05, 4.69) is 15.3 Å². The molecule has 128 valence electrons. The van der Waals surface area contributed by atoms with E-state index in [1.54, 1.807) is 25.3 Å². The van der Waals surface area contributed by atoms with Gasteiger partial charge < -0.3 is 20.5 Å². The minimum Gasteiger partial charge on any atom is -0.461 e. The van der Waals surface area contributed by atoms with Crippen LogP contribution in [0.3, 0.4) is 0 Å². The summed E-state index contributed by atoms with van der Waals surface area (Å²) in [5, 5.41) is 3.18. The molecule has 0 aromatic carbocycles. The first-order valence-corrected chi connectivity index (χ1v) is 7.87. The van der Waals surface area contributed by atoms with Gasteiger partial charge in [0.05, 0.1) is 25.5 Å². The highest BCUT2D eigenvalue weighted by molar-refractivity contribution is 5.88. The second kappa shape index (κ2) is 9.59. The highest BCUT2D eigenvalue weighted by Crippen LogP contribution is 2.19. The third-order valence-electron chi connectivity index (χ3n) is 3.10. The van der Waals surface area contributed by atoms with Gasteiger partial charge in [0, 0.05) is 24.8 Å². The van der Waals surface area contributed by atoms with Crippen molar-refractivity contribution in [3.05, 3.63) is 42.2 Å². The fraction of sp³-hybridized carbons (Fsp3) is 0.353. The van der Waals surface area contributed by atoms with Crippen LogP contribution in [0.4, 0.5) is 5.82 Å². The van der Waals surface area contributed by atoms with E-state index in [1.165, 1.54) is 0 Å². The Morgan fingerprint density at radius 1 is 1.29 bits per heavy atom. The van der Waals surface area contributed by atoms with E-state index in [4.69, 9.17) is 15.2 Å². The van der Waals surface area contributed by atoms with Gasteiger partial charge in [-0.25, -0.2) is 14.8 Å². The molecule has 0 atom stereocenters. The Bertz CT molecular complexity index is 664. The minimum atomic E-state index is -0.427. The molecule has 0 radical (unpaired) electrons. The monoisotopic (exact) mass is 330 g/mol. The second-order valence-electron chi connectivity index (χ2n) is 4.89. The lowest BCUT2D eigenvalue weighted by Crippen LogP contribution is -2.14. The topological polar surface area (TPSA) is 99.4 Å². The van der Waals surface area contributed by atoms with Crippen molar-refractivity contribution in [2.45, 2.75) is 6.92 Å². The summed E-state index contributed by atoms with van der Waals surface area (Å²) in [6.07, 6.45) is 1.69. The first kappa shape index (κ1) is 17.8. The number of esters is 1. The highest BCUT2D eigenvalue weighted by atomic mass is 16.5. The number of ether oxygens (including phenoxy) is 2. The molecule has 0 fully saturated rings. The minimum absolute atomic E-state index is 0.288. The molecule has 0 aliphatic rings. The lowest BCUT2D eigenvalue weighted by atomic mass is 10.1. The van der Waals surface area contributed by atoms with Gasteiger partial charge in [0.15, 0.2) is 0 Å². The molecule has 2 aromatic heterocycles.